The summed E-state index contributed by atoms with van der Waals surface area (Å²) < 4.78 is 12.5. The van der Waals surface area contributed by atoms with Gasteiger partial charge in [0.25, 0.3) is 0 Å². The van der Waals surface area contributed by atoms with Crippen LogP contribution in [-0.2, 0) is 0 Å². The number of benzene rings is 1. The van der Waals surface area contributed by atoms with Crippen LogP contribution in [0.4, 0.5) is 4.39 Å². The Bertz CT molecular complexity index is 315. The summed E-state index contributed by atoms with van der Waals surface area (Å²) in [6.45, 7) is 0. The van der Waals surface area contributed by atoms with E-state index in [1.807, 2.05) is 0 Å². The van der Waals surface area contributed by atoms with Gasteiger partial charge in [0, 0.05) is 17.1 Å². The van der Waals surface area contributed by atoms with Gasteiger partial charge in [-0.1, -0.05) is 0 Å². The van der Waals surface area contributed by atoms with Gasteiger partial charge in [0.1, 0.15) is 5.82 Å². The maximum absolute atomic E-state index is 12.5. The summed E-state index contributed by atoms with van der Waals surface area (Å²) in [5.41, 5.74) is 0. The van der Waals surface area contributed by atoms with Gasteiger partial charge in [-0.2, -0.15) is 0 Å². The minimum absolute atomic E-state index is 0.251. The fraction of sp³-hybridized carbons (Fsp3) is 0.273. The molecule has 1 atom stereocenters. The second-order valence-corrected chi connectivity index (χ2v) is 3.92. The summed E-state index contributed by atoms with van der Waals surface area (Å²) in [6, 6.07) is 6.16. The van der Waals surface area contributed by atoms with E-state index in [0.717, 1.165) is 4.90 Å². The Labute approximate surface area is 87.3 Å². The first-order chi connectivity index (χ1) is 6.72. The molecule has 0 heterocycles. The SMILES string of the molecule is C#CCC(O)CSc1ccc(F)cc1. The molecule has 0 amide bonds. The third-order valence-corrected chi connectivity index (χ3v) is 2.77. The van der Waals surface area contributed by atoms with Crippen LogP contribution in [0.1, 0.15) is 6.42 Å². The van der Waals surface area contributed by atoms with E-state index in [2.05, 4.69) is 5.92 Å². The number of thioether (sulfide) groups is 1. The molecule has 1 unspecified atom stereocenters. The molecule has 1 N–H and O–H groups in total. The van der Waals surface area contributed by atoms with E-state index in [9.17, 15) is 9.50 Å². The first kappa shape index (κ1) is 11.1. The summed E-state index contributed by atoms with van der Waals surface area (Å²) in [7, 11) is 0. The van der Waals surface area contributed by atoms with Gasteiger partial charge < -0.3 is 5.11 Å². The van der Waals surface area contributed by atoms with Gasteiger partial charge >= 0.3 is 0 Å². The highest BCUT2D eigenvalue weighted by Gasteiger charge is 2.02. The van der Waals surface area contributed by atoms with Gasteiger partial charge in [-0.25, -0.2) is 4.39 Å². The lowest BCUT2D eigenvalue weighted by molar-refractivity contribution is 0.205. The molecule has 0 aliphatic heterocycles. The molecule has 3 heteroatoms. The van der Waals surface area contributed by atoms with Crippen molar-refractivity contribution in [2.45, 2.75) is 17.4 Å². The van der Waals surface area contributed by atoms with Crippen molar-refractivity contribution in [3.05, 3.63) is 30.1 Å². The van der Waals surface area contributed by atoms with E-state index >= 15 is 0 Å². The number of hydrogen-bond acceptors (Lipinski definition) is 2. The number of terminal acetylenes is 1. The molecule has 1 aromatic rings. The van der Waals surface area contributed by atoms with Gasteiger partial charge in [-0.05, 0) is 24.3 Å². The lowest BCUT2D eigenvalue weighted by Gasteiger charge is -2.05. The molecule has 0 radical (unpaired) electrons. The number of rotatable bonds is 4. The normalized spacial score (nSPS) is 12.1. The van der Waals surface area contributed by atoms with Crippen LogP contribution < -0.4 is 0 Å². The van der Waals surface area contributed by atoms with Crippen molar-refractivity contribution in [3.63, 3.8) is 0 Å². The quantitative estimate of drug-likeness (QED) is 0.608. The zero-order valence-corrected chi connectivity index (χ0v) is 8.43. The minimum Gasteiger partial charge on any atom is -0.391 e. The predicted molar refractivity (Wildman–Crippen MR) is 56.6 cm³/mol. The van der Waals surface area contributed by atoms with Crippen LogP contribution in [0.25, 0.3) is 0 Å². The summed E-state index contributed by atoms with van der Waals surface area (Å²) in [5, 5.41) is 9.33. The highest BCUT2D eigenvalue weighted by molar-refractivity contribution is 7.99. The summed E-state index contributed by atoms with van der Waals surface area (Å²) in [6.07, 6.45) is 4.91. The number of halogens is 1. The zero-order valence-electron chi connectivity index (χ0n) is 7.61. The molecule has 0 aliphatic rings. The van der Waals surface area contributed by atoms with Crippen molar-refractivity contribution in [2.24, 2.45) is 0 Å². The molecule has 0 aromatic heterocycles. The van der Waals surface area contributed by atoms with Crippen LogP contribution in [0.3, 0.4) is 0 Å². The average Bonchev–Trinajstić information content (AvgIpc) is 2.17. The van der Waals surface area contributed by atoms with Gasteiger partial charge in [0.05, 0.1) is 6.10 Å². The van der Waals surface area contributed by atoms with Crippen molar-refractivity contribution in [3.8, 4) is 12.3 Å². The standard InChI is InChI=1S/C11H11FOS/c1-2-3-10(13)8-14-11-6-4-9(12)5-7-11/h1,4-7,10,13H,3,8H2. The maximum Gasteiger partial charge on any atom is 0.123 e. The van der Waals surface area contributed by atoms with E-state index in [1.54, 1.807) is 12.1 Å². The van der Waals surface area contributed by atoms with Crippen molar-refractivity contribution in [1.29, 1.82) is 0 Å². The maximum atomic E-state index is 12.5. The molecular weight excluding hydrogens is 199 g/mol. The van der Waals surface area contributed by atoms with Crippen molar-refractivity contribution in [1.82, 2.24) is 0 Å². The number of aliphatic hydroxyl groups excluding tert-OH is 1. The molecule has 0 aliphatic carbocycles. The highest BCUT2D eigenvalue weighted by Crippen LogP contribution is 2.19. The van der Waals surface area contributed by atoms with Crippen molar-refractivity contribution in [2.75, 3.05) is 5.75 Å². The van der Waals surface area contributed by atoms with E-state index in [1.165, 1.54) is 23.9 Å². The van der Waals surface area contributed by atoms with E-state index in [-0.39, 0.29) is 5.82 Å². The first-order valence-corrected chi connectivity index (χ1v) is 5.21. The Balaban J connectivity index is 2.39. The second kappa shape index (κ2) is 5.69. The lowest BCUT2D eigenvalue weighted by Crippen LogP contribution is -2.07. The third-order valence-electron chi connectivity index (χ3n) is 1.61. The average molecular weight is 210 g/mol. The van der Waals surface area contributed by atoms with Gasteiger partial charge in [0.15, 0.2) is 0 Å². The molecule has 1 rings (SSSR count). The molecule has 0 spiro atoms. The Hall–Kier alpha value is -0.980. The van der Waals surface area contributed by atoms with Crippen LogP contribution in [0.15, 0.2) is 29.2 Å². The molecule has 0 bridgehead atoms. The van der Waals surface area contributed by atoms with Crippen LogP contribution in [-0.4, -0.2) is 17.0 Å². The summed E-state index contributed by atoms with van der Waals surface area (Å²) >= 11 is 1.46. The molecule has 0 saturated carbocycles. The van der Waals surface area contributed by atoms with Crippen LogP contribution >= 0.6 is 11.8 Å². The van der Waals surface area contributed by atoms with E-state index < -0.39 is 6.10 Å². The summed E-state index contributed by atoms with van der Waals surface area (Å²) in [5.74, 6) is 2.68. The molecule has 0 fully saturated rings. The Morgan fingerprint density at radius 3 is 2.64 bits per heavy atom. The highest BCUT2D eigenvalue weighted by atomic mass is 32.2. The fourth-order valence-corrected chi connectivity index (χ4v) is 1.75. The third kappa shape index (κ3) is 3.82. The number of hydrogen-bond donors (Lipinski definition) is 1. The Morgan fingerprint density at radius 1 is 1.43 bits per heavy atom. The monoisotopic (exact) mass is 210 g/mol. The zero-order chi connectivity index (χ0) is 10.4. The van der Waals surface area contributed by atoms with Crippen molar-refractivity contribution >= 4 is 11.8 Å². The van der Waals surface area contributed by atoms with Gasteiger partial charge in [-0.15, -0.1) is 24.1 Å². The lowest BCUT2D eigenvalue weighted by atomic mass is 10.3. The second-order valence-electron chi connectivity index (χ2n) is 2.83. The topological polar surface area (TPSA) is 20.2 Å². The Morgan fingerprint density at radius 2 is 2.07 bits per heavy atom. The van der Waals surface area contributed by atoms with E-state index in [4.69, 9.17) is 6.42 Å². The predicted octanol–water partition coefficient (Wildman–Crippen LogP) is 2.30. The smallest absolute Gasteiger partial charge is 0.123 e. The Kier molecular flexibility index (Phi) is 4.51. The van der Waals surface area contributed by atoms with Crippen LogP contribution in [0, 0.1) is 18.2 Å². The van der Waals surface area contributed by atoms with Crippen LogP contribution in [0.5, 0.6) is 0 Å². The largest absolute Gasteiger partial charge is 0.391 e. The fourth-order valence-electron chi connectivity index (χ4n) is 0.918. The van der Waals surface area contributed by atoms with E-state index in [0.29, 0.717) is 12.2 Å². The molecule has 1 aromatic carbocycles. The molecule has 1 nitrogen and oxygen atoms in total. The van der Waals surface area contributed by atoms with Gasteiger partial charge in [-0.3, -0.25) is 0 Å². The molecule has 0 saturated heterocycles. The number of aliphatic hydroxyl groups is 1. The minimum atomic E-state index is -0.491. The first-order valence-electron chi connectivity index (χ1n) is 4.22. The molecular formula is C11H11FOS. The van der Waals surface area contributed by atoms with Crippen LogP contribution in [0.2, 0.25) is 0 Å². The summed E-state index contributed by atoms with van der Waals surface area (Å²) in [4.78, 5) is 0.933. The van der Waals surface area contributed by atoms with Gasteiger partial charge in [0.2, 0.25) is 0 Å². The van der Waals surface area contributed by atoms with Crippen molar-refractivity contribution < 1.29 is 9.50 Å². The molecule has 14 heavy (non-hydrogen) atoms. The molecule has 74 valence electrons.